The number of phenols is 1. The minimum absolute atomic E-state index is 0.125. The highest BCUT2D eigenvalue weighted by Crippen LogP contribution is 2.32. The van der Waals surface area contributed by atoms with Crippen LogP contribution in [0.3, 0.4) is 0 Å². The summed E-state index contributed by atoms with van der Waals surface area (Å²) in [6.45, 7) is 2.23. The maximum absolute atomic E-state index is 12.2. The standard InChI is InChI=1S/C17H16Cl2N2O2S/c1-9-2-3-14-10(4-9)6-15(24-14)17(23)21-20-8-11-5-12(18)7-13(19)16(11)22/h5-9,22H,2-4H2,1H3,(H,21,23)/b20-8+/t9-/m1/s1. The van der Waals surface area contributed by atoms with Gasteiger partial charge in [-0.05, 0) is 48.9 Å². The van der Waals surface area contributed by atoms with Crippen molar-refractivity contribution in [2.24, 2.45) is 11.0 Å². The number of halogens is 2. The van der Waals surface area contributed by atoms with E-state index in [4.69, 9.17) is 23.2 Å². The van der Waals surface area contributed by atoms with Crippen LogP contribution in [0.1, 0.15) is 39.0 Å². The van der Waals surface area contributed by atoms with Crippen LogP contribution in [-0.4, -0.2) is 17.2 Å². The lowest BCUT2D eigenvalue weighted by atomic mass is 9.90. The topological polar surface area (TPSA) is 61.7 Å². The van der Waals surface area contributed by atoms with E-state index in [0.29, 0.717) is 21.4 Å². The number of fused-ring (bicyclic) bond motifs is 1. The molecule has 0 spiro atoms. The van der Waals surface area contributed by atoms with E-state index in [-0.39, 0.29) is 16.7 Å². The molecule has 1 amide bonds. The van der Waals surface area contributed by atoms with Crippen LogP contribution < -0.4 is 5.43 Å². The highest BCUT2D eigenvalue weighted by atomic mass is 35.5. The van der Waals surface area contributed by atoms with Gasteiger partial charge >= 0.3 is 0 Å². The third-order valence-electron chi connectivity index (χ3n) is 3.98. The number of hydrogen-bond acceptors (Lipinski definition) is 4. The van der Waals surface area contributed by atoms with E-state index < -0.39 is 0 Å². The van der Waals surface area contributed by atoms with E-state index in [1.54, 1.807) is 0 Å². The molecule has 126 valence electrons. The molecule has 0 aliphatic heterocycles. The fourth-order valence-corrected chi connectivity index (χ4v) is 4.32. The molecule has 1 aromatic heterocycles. The van der Waals surface area contributed by atoms with Gasteiger partial charge in [0.2, 0.25) is 0 Å². The number of amides is 1. The lowest BCUT2D eigenvalue weighted by Crippen LogP contribution is -2.16. The number of aromatic hydroxyl groups is 1. The summed E-state index contributed by atoms with van der Waals surface area (Å²) >= 11 is 13.3. The Morgan fingerprint density at radius 2 is 2.21 bits per heavy atom. The molecule has 24 heavy (non-hydrogen) atoms. The molecule has 0 unspecified atom stereocenters. The predicted octanol–water partition coefficient (Wildman–Crippen LogP) is 4.65. The minimum Gasteiger partial charge on any atom is -0.506 e. The van der Waals surface area contributed by atoms with Crippen molar-refractivity contribution >= 4 is 46.7 Å². The first kappa shape index (κ1) is 17.3. The first-order valence-electron chi connectivity index (χ1n) is 7.57. The number of thiophene rings is 1. The van der Waals surface area contributed by atoms with Crippen molar-refractivity contribution in [2.75, 3.05) is 0 Å². The van der Waals surface area contributed by atoms with Gasteiger partial charge in [-0.2, -0.15) is 5.10 Å². The molecule has 1 aliphatic rings. The molecule has 0 saturated carbocycles. The summed E-state index contributed by atoms with van der Waals surface area (Å²) in [4.78, 5) is 14.2. The third kappa shape index (κ3) is 3.74. The van der Waals surface area contributed by atoms with Crippen LogP contribution in [-0.2, 0) is 12.8 Å². The van der Waals surface area contributed by atoms with Crippen molar-refractivity contribution in [3.63, 3.8) is 0 Å². The number of hydrogen-bond donors (Lipinski definition) is 2. The van der Waals surface area contributed by atoms with E-state index >= 15 is 0 Å². The van der Waals surface area contributed by atoms with Gasteiger partial charge in [0.25, 0.3) is 5.91 Å². The maximum atomic E-state index is 12.2. The molecule has 2 aromatic rings. The highest BCUT2D eigenvalue weighted by molar-refractivity contribution is 7.14. The van der Waals surface area contributed by atoms with Gasteiger partial charge in [0.05, 0.1) is 16.1 Å². The van der Waals surface area contributed by atoms with Gasteiger partial charge in [-0.15, -0.1) is 11.3 Å². The molecule has 0 fully saturated rings. The second-order valence-electron chi connectivity index (χ2n) is 5.93. The largest absolute Gasteiger partial charge is 0.506 e. The predicted molar refractivity (Wildman–Crippen MR) is 98.7 cm³/mol. The van der Waals surface area contributed by atoms with Gasteiger partial charge < -0.3 is 5.11 Å². The second kappa shape index (κ2) is 7.13. The summed E-state index contributed by atoms with van der Waals surface area (Å²) in [6.07, 6.45) is 4.55. The van der Waals surface area contributed by atoms with Crippen LogP contribution in [0, 0.1) is 5.92 Å². The summed E-state index contributed by atoms with van der Waals surface area (Å²) < 4.78 is 0. The molecule has 0 saturated heterocycles. The van der Waals surface area contributed by atoms with E-state index in [0.717, 1.165) is 12.8 Å². The average molecular weight is 383 g/mol. The summed E-state index contributed by atoms with van der Waals surface area (Å²) in [5, 5.41) is 14.2. The van der Waals surface area contributed by atoms with Gasteiger partial charge in [0.1, 0.15) is 5.75 Å². The Morgan fingerprint density at radius 1 is 1.42 bits per heavy atom. The zero-order valence-electron chi connectivity index (χ0n) is 13.0. The SMILES string of the molecule is C[C@@H]1CCc2sc(C(=O)N/N=C/c3cc(Cl)cc(Cl)c3O)cc2C1. The van der Waals surface area contributed by atoms with Crippen LogP contribution in [0.5, 0.6) is 5.75 Å². The minimum atomic E-state index is -0.258. The van der Waals surface area contributed by atoms with E-state index in [1.165, 1.54) is 46.5 Å². The fraction of sp³-hybridized carbons (Fsp3) is 0.294. The lowest BCUT2D eigenvalue weighted by molar-refractivity contribution is 0.0959. The number of benzene rings is 1. The van der Waals surface area contributed by atoms with Gasteiger partial charge in [0, 0.05) is 15.5 Å². The summed E-state index contributed by atoms with van der Waals surface area (Å²) in [5.74, 6) is 0.280. The molecule has 1 heterocycles. The fourth-order valence-electron chi connectivity index (χ4n) is 2.72. The van der Waals surface area contributed by atoms with Gasteiger partial charge in [-0.3, -0.25) is 4.79 Å². The first-order chi connectivity index (χ1) is 11.4. The van der Waals surface area contributed by atoms with Crippen LogP contribution in [0.15, 0.2) is 23.3 Å². The molecule has 2 N–H and O–H groups in total. The first-order valence-corrected chi connectivity index (χ1v) is 9.14. The summed E-state index contributed by atoms with van der Waals surface area (Å²) in [6, 6.07) is 4.91. The molecule has 7 heteroatoms. The number of nitrogens with one attached hydrogen (secondary N) is 1. The van der Waals surface area contributed by atoms with Crippen molar-refractivity contribution in [1.29, 1.82) is 0 Å². The average Bonchev–Trinajstić information content (AvgIpc) is 2.95. The quantitative estimate of drug-likeness (QED) is 0.599. The zero-order valence-corrected chi connectivity index (χ0v) is 15.3. The van der Waals surface area contributed by atoms with E-state index in [1.807, 2.05) is 6.07 Å². The van der Waals surface area contributed by atoms with Crippen molar-refractivity contribution < 1.29 is 9.90 Å². The van der Waals surface area contributed by atoms with Crippen LogP contribution in [0.25, 0.3) is 0 Å². The van der Waals surface area contributed by atoms with Crippen LogP contribution >= 0.6 is 34.5 Å². The summed E-state index contributed by atoms with van der Waals surface area (Å²) in [7, 11) is 0. The molecule has 3 rings (SSSR count). The Balaban J connectivity index is 1.70. The number of hydrazone groups is 1. The molecule has 4 nitrogen and oxygen atoms in total. The molecular formula is C17H16Cl2N2O2S. The maximum Gasteiger partial charge on any atom is 0.281 e. The molecule has 1 aromatic carbocycles. The lowest BCUT2D eigenvalue weighted by Gasteiger charge is -2.16. The van der Waals surface area contributed by atoms with Crippen LogP contribution in [0.2, 0.25) is 10.0 Å². The van der Waals surface area contributed by atoms with Crippen LogP contribution in [0.4, 0.5) is 0 Å². The monoisotopic (exact) mass is 382 g/mol. The molecule has 1 aliphatic carbocycles. The number of phenolic OH excluding ortho intramolecular Hbond substituents is 1. The normalized spacial score (nSPS) is 17.0. The van der Waals surface area contributed by atoms with Gasteiger partial charge in [-0.1, -0.05) is 30.1 Å². The van der Waals surface area contributed by atoms with Gasteiger partial charge in [-0.25, -0.2) is 5.43 Å². The number of carbonyl (C=O) groups is 1. The third-order valence-corrected chi connectivity index (χ3v) is 5.72. The number of aryl methyl sites for hydroxylation is 1. The van der Waals surface area contributed by atoms with E-state index in [2.05, 4.69) is 17.5 Å². The Labute approximate surface area is 154 Å². The summed E-state index contributed by atoms with van der Waals surface area (Å²) in [5.41, 5.74) is 4.09. The van der Waals surface area contributed by atoms with E-state index in [9.17, 15) is 9.90 Å². The molecular weight excluding hydrogens is 367 g/mol. The Hall–Kier alpha value is -1.56. The van der Waals surface area contributed by atoms with Crippen molar-refractivity contribution in [1.82, 2.24) is 5.43 Å². The Kier molecular flexibility index (Phi) is 5.13. The number of carbonyl (C=O) groups excluding carboxylic acids is 1. The van der Waals surface area contributed by atoms with Gasteiger partial charge in [0.15, 0.2) is 0 Å². The highest BCUT2D eigenvalue weighted by Gasteiger charge is 2.20. The molecule has 0 bridgehead atoms. The van der Waals surface area contributed by atoms with Crippen molar-refractivity contribution in [3.8, 4) is 5.75 Å². The van der Waals surface area contributed by atoms with Crippen molar-refractivity contribution in [2.45, 2.75) is 26.2 Å². The Bertz CT molecular complexity index is 817. The zero-order chi connectivity index (χ0) is 17.3. The molecule has 0 radical (unpaired) electrons. The Morgan fingerprint density at radius 3 is 3.00 bits per heavy atom. The smallest absolute Gasteiger partial charge is 0.281 e. The molecule has 1 atom stereocenters. The number of nitrogens with zero attached hydrogens (tertiary/aromatic N) is 1. The van der Waals surface area contributed by atoms with Crippen molar-refractivity contribution in [3.05, 3.63) is 49.1 Å². The second-order valence-corrected chi connectivity index (χ2v) is 7.91. The number of rotatable bonds is 3.